The highest BCUT2D eigenvalue weighted by atomic mass is 32.2. The van der Waals surface area contributed by atoms with Crippen molar-refractivity contribution in [1.82, 2.24) is 4.98 Å². The Morgan fingerprint density at radius 1 is 1.32 bits per heavy atom. The molecule has 0 unspecified atom stereocenters. The SMILES string of the molecule is COC(=O)c1cc(Nc2ccc3ncccc3c2)c(SC)s1. The first-order chi connectivity index (χ1) is 10.7. The molecule has 0 amide bonds. The highest BCUT2D eigenvalue weighted by molar-refractivity contribution is 8.00. The van der Waals surface area contributed by atoms with E-state index in [-0.39, 0.29) is 5.97 Å². The molecule has 0 atom stereocenters. The Balaban J connectivity index is 1.93. The number of benzene rings is 1. The summed E-state index contributed by atoms with van der Waals surface area (Å²) in [6.45, 7) is 0. The van der Waals surface area contributed by atoms with Crippen LogP contribution < -0.4 is 5.32 Å². The molecule has 0 aliphatic rings. The summed E-state index contributed by atoms with van der Waals surface area (Å²) < 4.78 is 5.83. The summed E-state index contributed by atoms with van der Waals surface area (Å²) in [5.41, 5.74) is 2.84. The van der Waals surface area contributed by atoms with Gasteiger partial charge in [-0.15, -0.1) is 23.1 Å². The molecule has 3 aromatic rings. The van der Waals surface area contributed by atoms with Crippen LogP contribution in [0.2, 0.25) is 0 Å². The van der Waals surface area contributed by atoms with Crippen LogP contribution in [0.4, 0.5) is 11.4 Å². The normalized spacial score (nSPS) is 10.6. The third-order valence-electron chi connectivity index (χ3n) is 3.15. The fourth-order valence-corrected chi connectivity index (χ4v) is 3.82. The van der Waals surface area contributed by atoms with E-state index >= 15 is 0 Å². The van der Waals surface area contributed by atoms with Crippen molar-refractivity contribution in [3.8, 4) is 0 Å². The second-order valence-electron chi connectivity index (χ2n) is 4.54. The number of aromatic nitrogens is 1. The minimum atomic E-state index is -0.309. The summed E-state index contributed by atoms with van der Waals surface area (Å²) in [4.78, 5) is 16.6. The lowest BCUT2D eigenvalue weighted by Gasteiger charge is -2.07. The topological polar surface area (TPSA) is 51.2 Å². The van der Waals surface area contributed by atoms with Gasteiger partial charge in [-0.3, -0.25) is 4.98 Å². The van der Waals surface area contributed by atoms with Gasteiger partial charge in [-0.05, 0) is 36.6 Å². The van der Waals surface area contributed by atoms with Crippen LogP contribution in [0.3, 0.4) is 0 Å². The minimum absolute atomic E-state index is 0.309. The van der Waals surface area contributed by atoms with E-state index in [2.05, 4.69) is 10.3 Å². The van der Waals surface area contributed by atoms with Gasteiger partial charge in [0, 0.05) is 17.3 Å². The lowest BCUT2D eigenvalue weighted by atomic mass is 10.2. The van der Waals surface area contributed by atoms with Gasteiger partial charge in [0.15, 0.2) is 0 Å². The van der Waals surface area contributed by atoms with Crippen LogP contribution in [0.15, 0.2) is 46.8 Å². The number of nitrogens with zero attached hydrogens (tertiary/aromatic N) is 1. The molecule has 0 bridgehead atoms. The summed E-state index contributed by atoms with van der Waals surface area (Å²) in [6.07, 6.45) is 3.77. The molecule has 0 saturated carbocycles. The molecule has 2 aromatic heterocycles. The summed E-state index contributed by atoms with van der Waals surface area (Å²) >= 11 is 3.03. The summed E-state index contributed by atoms with van der Waals surface area (Å²) in [5.74, 6) is -0.309. The van der Waals surface area contributed by atoms with E-state index in [1.807, 2.05) is 42.7 Å². The molecule has 4 nitrogen and oxygen atoms in total. The van der Waals surface area contributed by atoms with Gasteiger partial charge in [0.25, 0.3) is 0 Å². The predicted molar refractivity (Wildman–Crippen MR) is 92.5 cm³/mol. The number of pyridine rings is 1. The average molecular weight is 330 g/mol. The molecule has 2 heterocycles. The van der Waals surface area contributed by atoms with Crippen molar-refractivity contribution in [1.29, 1.82) is 0 Å². The number of rotatable bonds is 4. The van der Waals surface area contributed by atoms with Crippen molar-refractivity contribution in [2.75, 3.05) is 18.7 Å². The Bertz CT molecular complexity index is 830. The molecule has 0 saturated heterocycles. The molecule has 112 valence electrons. The Hall–Kier alpha value is -2.05. The molecule has 0 fully saturated rings. The number of anilines is 2. The number of hydrogen-bond donors (Lipinski definition) is 1. The van der Waals surface area contributed by atoms with Crippen LogP contribution in [-0.4, -0.2) is 24.3 Å². The molecule has 1 aromatic carbocycles. The maximum Gasteiger partial charge on any atom is 0.348 e. The number of thiophene rings is 1. The summed E-state index contributed by atoms with van der Waals surface area (Å²) in [5, 5.41) is 4.44. The van der Waals surface area contributed by atoms with Crippen LogP contribution in [0.1, 0.15) is 9.67 Å². The van der Waals surface area contributed by atoms with Crippen LogP contribution >= 0.6 is 23.1 Å². The maximum absolute atomic E-state index is 11.7. The molecule has 3 rings (SSSR count). The fraction of sp³-hybridized carbons (Fsp3) is 0.125. The lowest BCUT2D eigenvalue weighted by molar-refractivity contribution is 0.0606. The van der Waals surface area contributed by atoms with E-state index in [1.165, 1.54) is 18.4 Å². The Morgan fingerprint density at radius 2 is 2.18 bits per heavy atom. The zero-order valence-electron chi connectivity index (χ0n) is 12.1. The molecule has 0 spiro atoms. The highest BCUT2D eigenvalue weighted by Crippen LogP contribution is 2.37. The molecule has 0 aliphatic heterocycles. The van der Waals surface area contributed by atoms with Gasteiger partial charge >= 0.3 is 5.97 Å². The first kappa shape index (κ1) is 14.9. The maximum atomic E-state index is 11.7. The zero-order chi connectivity index (χ0) is 15.5. The molecule has 22 heavy (non-hydrogen) atoms. The molecular formula is C16H14N2O2S2. The first-order valence-electron chi connectivity index (χ1n) is 6.59. The summed E-state index contributed by atoms with van der Waals surface area (Å²) in [6, 6.07) is 11.8. The molecule has 1 N–H and O–H groups in total. The Labute approximate surface area is 136 Å². The Morgan fingerprint density at radius 3 is 2.95 bits per heavy atom. The third kappa shape index (κ3) is 2.93. The number of nitrogens with one attached hydrogen (secondary N) is 1. The molecule has 0 radical (unpaired) electrons. The van der Waals surface area contributed by atoms with Gasteiger partial charge < -0.3 is 10.1 Å². The van der Waals surface area contributed by atoms with Gasteiger partial charge in [-0.1, -0.05) is 6.07 Å². The monoisotopic (exact) mass is 330 g/mol. The average Bonchev–Trinajstić information content (AvgIpc) is 2.97. The summed E-state index contributed by atoms with van der Waals surface area (Å²) in [7, 11) is 1.39. The molecule has 0 aliphatic carbocycles. The minimum Gasteiger partial charge on any atom is -0.465 e. The molecular weight excluding hydrogens is 316 g/mol. The van der Waals surface area contributed by atoms with Crippen molar-refractivity contribution >= 4 is 51.3 Å². The number of carbonyl (C=O) groups is 1. The van der Waals surface area contributed by atoms with Crippen LogP contribution in [0, 0.1) is 0 Å². The van der Waals surface area contributed by atoms with E-state index in [0.717, 1.165) is 26.5 Å². The second-order valence-corrected chi connectivity index (χ2v) is 6.67. The van der Waals surface area contributed by atoms with Crippen molar-refractivity contribution in [2.24, 2.45) is 0 Å². The number of methoxy groups -OCH3 is 1. The van der Waals surface area contributed by atoms with Gasteiger partial charge in [-0.25, -0.2) is 4.79 Å². The third-order valence-corrected chi connectivity index (χ3v) is 5.40. The van der Waals surface area contributed by atoms with E-state index in [9.17, 15) is 4.79 Å². The van der Waals surface area contributed by atoms with Crippen molar-refractivity contribution < 1.29 is 9.53 Å². The van der Waals surface area contributed by atoms with Crippen LogP contribution in [0.5, 0.6) is 0 Å². The highest BCUT2D eigenvalue weighted by Gasteiger charge is 2.14. The van der Waals surface area contributed by atoms with E-state index in [0.29, 0.717) is 4.88 Å². The molecule has 6 heteroatoms. The van der Waals surface area contributed by atoms with E-state index in [1.54, 1.807) is 18.0 Å². The van der Waals surface area contributed by atoms with Crippen molar-refractivity contribution in [3.63, 3.8) is 0 Å². The number of ether oxygens (including phenoxy) is 1. The Kier molecular flexibility index (Phi) is 4.31. The number of fused-ring (bicyclic) bond motifs is 1. The smallest absolute Gasteiger partial charge is 0.348 e. The van der Waals surface area contributed by atoms with Crippen LogP contribution in [0.25, 0.3) is 10.9 Å². The van der Waals surface area contributed by atoms with Gasteiger partial charge in [-0.2, -0.15) is 0 Å². The zero-order valence-corrected chi connectivity index (χ0v) is 13.8. The predicted octanol–water partition coefficient (Wildman–Crippen LogP) is 4.55. The van der Waals surface area contributed by atoms with E-state index in [4.69, 9.17) is 4.74 Å². The fourth-order valence-electron chi connectivity index (χ4n) is 2.12. The largest absolute Gasteiger partial charge is 0.465 e. The first-order valence-corrected chi connectivity index (χ1v) is 8.63. The van der Waals surface area contributed by atoms with Gasteiger partial charge in [0.1, 0.15) is 4.88 Å². The van der Waals surface area contributed by atoms with Gasteiger partial charge in [0.2, 0.25) is 0 Å². The quantitative estimate of drug-likeness (QED) is 0.562. The van der Waals surface area contributed by atoms with Crippen LogP contribution in [-0.2, 0) is 4.74 Å². The lowest BCUT2D eigenvalue weighted by Crippen LogP contribution is -1.97. The van der Waals surface area contributed by atoms with Gasteiger partial charge in [0.05, 0.1) is 22.5 Å². The van der Waals surface area contributed by atoms with Crippen molar-refractivity contribution in [2.45, 2.75) is 4.21 Å². The van der Waals surface area contributed by atoms with E-state index < -0.39 is 0 Å². The van der Waals surface area contributed by atoms with Crippen molar-refractivity contribution in [3.05, 3.63) is 47.5 Å². The number of thioether (sulfide) groups is 1. The number of carbonyl (C=O) groups excluding carboxylic acids is 1. The second kappa shape index (κ2) is 6.37. The standard InChI is InChI=1S/C16H14N2O2S2/c1-20-15(19)14-9-13(16(21-2)22-14)18-11-5-6-12-10(8-11)4-3-7-17-12/h3-9,18H,1-2H3. The number of esters is 1. The number of hydrogen-bond acceptors (Lipinski definition) is 6.